The van der Waals surface area contributed by atoms with Crippen molar-refractivity contribution < 1.29 is 38.4 Å². The van der Waals surface area contributed by atoms with Crippen molar-refractivity contribution in [2.24, 2.45) is 0 Å². The van der Waals surface area contributed by atoms with Crippen LogP contribution in [0.1, 0.15) is 42.7 Å². The SMILES string of the molecule is COC(=O)C1=C(C)NC2=C(C(=O)CC(c3cc(OC)c(OC)c(OC)c3)C2)C1c1cc(Br)c(O)c(OC)c1. The first-order valence-electron chi connectivity index (χ1n) is 11.9. The number of phenolic OH excluding ortho intramolecular Hbond substituents is 1. The Balaban J connectivity index is 1.85. The van der Waals surface area contributed by atoms with Crippen molar-refractivity contribution in [3.05, 3.63) is 62.4 Å². The van der Waals surface area contributed by atoms with Gasteiger partial charge in [0.15, 0.2) is 28.8 Å². The maximum Gasteiger partial charge on any atom is 0.336 e. The van der Waals surface area contributed by atoms with Crippen molar-refractivity contribution in [3.8, 4) is 28.7 Å². The highest BCUT2D eigenvalue weighted by Crippen LogP contribution is 2.49. The first-order chi connectivity index (χ1) is 18.2. The number of carbonyl (C=O) groups is 2. The lowest BCUT2D eigenvalue weighted by Gasteiger charge is -2.37. The second-order valence-electron chi connectivity index (χ2n) is 9.02. The molecule has 0 radical (unpaired) electrons. The number of rotatable bonds is 7. The summed E-state index contributed by atoms with van der Waals surface area (Å²) in [7, 11) is 7.38. The van der Waals surface area contributed by atoms with Gasteiger partial charge in [-0.1, -0.05) is 0 Å². The largest absolute Gasteiger partial charge is 0.503 e. The molecule has 0 amide bonds. The summed E-state index contributed by atoms with van der Waals surface area (Å²) in [4.78, 5) is 26.8. The van der Waals surface area contributed by atoms with E-state index >= 15 is 0 Å². The van der Waals surface area contributed by atoms with Crippen molar-refractivity contribution in [2.75, 3.05) is 35.5 Å². The molecule has 0 bridgehead atoms. The van der Waals surface area contributed by atoms with Crippen molar-refractivity contribution in [1.29, 1.82) is 0 Å². The van der Waals surface area contributed by atoms with Crippen LogP contribution in [0, 0.1) is 0 Å². The van der Waals surface area contributed by atoms with E-state index in [1.807, 2.05) is 12.1 Å². The van der Waals surface area contributed by atoms with Crippen LogP contribution in [-0.2, 0) is 14.3 Å². The molecule has 4 rings (SSSR count). The Morgan fingerprint density at radius 2 is 1.53 bits per heavy atom. The van der Waals surface area contributed by atoms with Gasteiger partial charge >= 0.3 is 5.97 Å². The molecule has 2 aliphatic rings. The number of benzene rings is 2. The Kier molecular flexibility index (Phi) is 7.91. The van der Waals surface area contributed by atoms with Crippen molar-refractivity contribution >= 4 is 27.7 Å². The van der Waals surface area contributed by atoms with Gasteiger partial charge in [0.1, 0.15) is 0 Å². The Morgan fingerprint density at radius 3 is 2.08 bits per heavy atom. The Hall–Kier alpha value is -3.66. The molecule has 2 N–H and O–H groups in total. The van der Waals surface area contributed by atoms with E-state index in [1.54, 1.807) is 33.3 Å². The predicted octanol–water partition coefficient (Wildman–Crippen LogP) is 4.72. The number of nitrogens with one attached hydrogen (secondary N) is 1. The van der Waals surface area contributed by atoms with Gasteiger partial charge in [0.25, 0.3) is 0 Å². The van der Waals surface area contributed by atoms with Gasteiger partial charge < -0.3 is 34.1 Å². The topological polar surface area (TPSA) is 113 Å². The predicted molar refractivity (Wildman–Crippen MR) is 143 cm³/mol. The summed E-state index contributed by atoms with van der Waals surface area (Å²) < 4.78 is 27.3. The summed E-state index contributed by atoms with van der Waals surface area (Å²) in [5.74, 6) is 0.100. The van der Waals surface area contributed by atoms with E-state index in [4.69, 9.17) is 23.7 Å². The molecule has 2 atom stereocenters. The monoisotopic (exact) mass is 587 g/mol. The van der Waals surface area contributed by atoms with E-state index in [0.717, 1.165) is 11.3 Å². The van der Waals surface area contributed by atoms with Crippen LogP contribution in [0.15, 0.2) is 51.3 Å². The molecule has 2 aromatic rings. The average Bonchev–Trinajstić information content (AvgIpc) is 2.92. The molecule has 0 fully saturated rings. The van der Waals surface area contributed by atoms with Gasteiger partial charge in [-0.15, -0.1) is 0 Å². The molecule has 0 spiro atoms. The van der Waals surface area contributed by atoms with E-state index in [1.165, 1.54) is 21.3 Å². The van der Waals surface area contributed by atoms with Gasteiger partial charge in [-0.05, 0) is 70.6 Å². The number of aromatic hydroxyl groups is 1. The number of carbonyl (C=O) groups excluding carboxylic acids is 2. The molecule has 0 saturated heterocycles. The molecular weight excluding hydrogens is 558 g/mol. The van der Waals surface area contributed by atoms with E-state index in [-0.39, 0.29) is 29.6 Å². The van der Waals surface area contributed by atoms with Gasteiger partial charge in [-0.3, -0.25) is 4.79 Å². The molecule has 202 valence electrons. The third kappa shape index (κ3) is 4.69. The summed E-state index contributed by atoms with van der Waals surface area (Å²) in [6, 6.07) is 7.04. The second kappa shape index (κ2) is 11.0. The highest BCUT2D eigenvalue weighted by Gasteiger charge is 2.42. The van der Waals surface area contributed by atoms with Crippen molar-refractivity contribution in [1.82, 2.24) is 5.32 Å². The van der Waals surface area contributed by atoms with Crippen LogP contribution in [-0.4, -0.2) is 52.4 Å². The molecule has 38 heavy (non-hydrogen) atoms. The number of ketones is 1. The molecule has 10 heteroatoms. The number of hydrogen-bond acceptors (Lipinski definition) is 9. The Bertz CT molecular complexity index is 1340. The molecule has 2 unspecified atom stereocenters. The fraction of sp³-hybridized carbons (Fsp3) is 0.357. The third-order valence-corrected chi connectivity index (χ3v) is 7.60. The van der Waals surface area contributed by atoms with E-state index < -0.39 is 11.9 Å². The van der Waals surface area contributed by atoms with Gasteiger partial charge in [0.05, 0.1) is 45.6 Å². The van der Waals surface area contributed by atoms with Crippen LogP contribution in [0.3, 0.4) is 0 Å². The summed E-state index contributed by atoms with van der Waals surface area (Å²) in [5.41, 5.74) is 3.59. The molecular formula is C28H30BrNO8. The summed E-state index contributed by atoms with van der Waals surface area (Å²) in [6.45, 7) is 1.78. The van der Waals surface area contributed by atoms with Crippen LogP contribution in [0.4, 0.5) is 0 Å². The van der Waals surface area contributed by atoms with E-state index in [9.17, 15) is 14.7 Å². The zero-order chi connectivity index (χ0) is 27.7. The fourth-order valence-corrected chi connectivity index (χ4v) is 5.70. The minimum atomic E-state index is -0.710. The zero-order valence-corrected chi connectivity index (χ0v) is 23.6. The quantitative estimate of drug-likeness (QED) is 0.444. The maximum absolute atomic E-state index is 13.8. The minimum Gasteiger partial charge on any atom is -0.503 e. The molecule has 2 aromatic carbocycles. The molecule has 1 aliphatic carbocycles. The van der Waals surface area contributed by atoms with Gasteiger partial charge in [0.2, 0.25) is 5.75 Å². The molecule has 0 saturated carbocycles. The summed E-state index contributed by atoms with van der Waals surface area (Å²) >= 11 is 3.36. The Morgan fingerprint density at radius 1 is 0.921 bits per heavy atom. The number of phenols is 1. The van der Waals surface area contributed by atoms with Crippen LogP contribution in [0.25, 0.3) is 0 Å². The summed E-state index contributed by atoms with van der Waals surface area (Å²) in [6.07, 6.45) is 0.720. The zero-order valence-electron chi connectivity index (χ0n) is 22.1. The molecule has 1 heterocycles. The molecule has 0 aromatic heterocycles. The van der Waals surface area contributed by atoms with E-state index in [2.05, 4.69) is 21.2 Å². The Labute approximate surface area is 229 Å². The first-order valence-corrected chi connectivity index (χ1v) is 12.7. The number of Topliss-reactive ketones (excluding diaryl/α,β-unsaturated/α-hetero) is 1. The van der Waals surface area contributed by atoms with Crippen molar-refractivity contribution in [3.63, 3.8) is 0 Å². The van der Waals surface area contributed by atoms with Gasteiger partial charge in [0, 0.05) is 29.3 Å². The standard InChI is InChI=1S/C28H30BrNO8/c1-13-23(28(33)38-6)24(16-7-17(29)26(32)20(12-16)34-2)25-18(30-13)8-14(9-19(25)31)15-10-21(35-3)27(37-5)22(11-15)36-4/h7,10-12,14,24,30,32H,8-9H2,1-6H3. The number of ether oxygens (including phenoxy) is 5. The van der Waals surface area contributed by atoms with E-state index in [0.29, 0.717) is 50.5 Å². The normalized spacial score (nSPS) is 19.0. The van der Waals surface area contributed by atoms with Gasteiger partial charge in [-0.2, -0.15) is 0 Å². The highest BCUT2D eigenvalue weighted by molar-refractivity contribution is 9.10. The minimum absolute atomic E-state index is 0.0721. The molecule has 9 nitrogen and oxygen atoms in total. The smallest absolute Gasteiger partial charge is 0.336 e. The lowest BCUT2D eigenvalue weighted by Crippen LogP contribution is -2.36. The van der Waals surface area contributed by atoms with Crippen LogP contribution < -0.4 is 24.3 Å². The number of halogens is 1. The van der Waals surface area contributed by atoms with Crippen LogP contribution in [0.5, 0.6) is 28.7 Å². The van der Waals surface area contributed by atoms with Crippen LogP contribution in [0.2, 0.25) is 0 Å². The third-order valence-electron chi connectivity index (χ3n) is 7.00. The number of esters is 1. The average molecular weight is 588 g/mol. The number of methoxy groups -OCH3 is 5. The molecule has 1 aliphatic heterocycles. The second-order valence-corrected chi connectivity index (χ2v) is 9.88. The number of dihydropyridines is 1. The first kappa shape index (κ1) is 27.4. The fourth-order valence-electron chi connectivity index (χ4n) is 5.24. The number of hydrogen-bond donors (Lipinski definition) is 2. The van der Waals surface area contributed by atoms with Gasteiger partial charge in [-0.25, -0.2) is 4.79 Å². The van der Waals surface area contributed by atoms with Crippen LogP contribution >= 0.6 is 15.9 Å². The number of allylic oxidation sites excluding steroid dienone is 3. The summed E-state index contributed by atoms with van der Waals surface area (Å²) in [5, 5.41) is 13.7. The maximum atomic E-state index is 13.8. The van der Waals surface area contributed by atoms with Crippen molar-refractivity contribution in [2.45, 2.75) is 31.6 Å². The lowest BCUT2D eigenvalue weighted by atomic mass is 9.71. The highest BCUT2D eigenvalue weighted by atomic mass is 79.9. The lowest BCUT2D eigenvalue weighted by molar-refractivity contribution is -0.136.